The van der Waals surface area contributed by atoms with Crippen LogP contribution < -0.4 is 5.73 Å². The van der Waals surface area contributed by atoms with E-state index in [1.807, 2.05) is 19.9 Å². The summed E-state index contributed by atoms with van der Waals surface area (Å²) in [6.07, 6.45) is 1.30. The molecule has 1 unspecified atom stereocenters. The predicted octanol–water partition coefficient (Wildman–Crippen LogP) is 1.25. The van der Waals surface area contributed by atoms with E-state index < -0.39 is 15.9 Å². The highest BCUT2D eigenvalue weighted by atomic mass is 32.2. The van der Waals surface area contributed by atoms with Crippen LogP contribution in [0.4, 0.5) is 0 Å². The summed E-state index contributed by atoms with van der Waals surface area (Å²) in [5.41, 5.74) is 8.28. The van der Waals surface area contributed by atoms with Crippen molar-refractivity contribution in [3.05, 3.63) is 34.9 Å². The van der Waals surface area contributed by atoms with Gasteiger partial charge in [0, 0.05) is 11.8 Å². The maximum absolute atomic E-state index is 12.0. The second-order valence-corrected chi connectivity index (χ2v) is 7.03. The highest BCUT2D eigenvalue weighted by Gasteiger charge is 2.18. The molecule has 5 heteroatoms. The molecular formula is C13H19NO3S. The summed E-state index contributed by atoms with van der Waals surface area (Å²) >= 11 is 0. The molecule has 0 spiro atoms. The molecule has 0 bridgehead atoms. The Morgan fingerprint density at radius 3 is 2.17 bits per heavy atom. The summed E-state index contributed by atoms with van der Waals surface area (Å²) in [5.74, 6) is -0.268. The Hall–Kier alpha value is -1.20. The third-order valence-electron chi connectivity index (χ3n) is 2.64. The molecule has 2 N–H and O–H groups in total. The lowest BCUT2D eigenvalue weighted by Crippen LogP contribution is -2.32. The monoisotopic (exact) mass is 269 g/mol. The van der Waals surface area contributed by atoms with Crippen LogP contribution in [-0.4, -0.2) is 32.3 Å². The summed E-state index contributed by atoms with van der Waals surface area (Å²) in [7, 11) is -3.08. The molecular weight excluding hydrogens is 250 g/mol. The highest BCUT2D eigenvalue weighted by molar-refractivity contribution is 7.90. The summed E-state index contributed by atoms with van der Waals surface area (Å²) in [6.45, 7) is 3.82. The number of aryl methyl sites for hydroxylation is 2. The number of benzene rings is 1. The first-order valence-corrected chi connectivity index (χ1v) is 7.81. The molecule has 1 rings (SSSR count). The van der Waals surface area contributed by atoms with Crippen LogP contribution >= 0.6 is 0 Å². The highest BCUT2D eigenvalue weighted by Crippen LogP contribution is 2.12. The van der Waals surface area contributed by atoms with Crippen LogP contribution in [0.15, 0.2) is 18.2 Å². The van der Waals surface area contributed by atoms with Crippen LogP contribution in [0.5, 0.6) is 0 Å². The standard InChI is InChI=1S/C13H19NO3S/c1-9-6-10(2)8-11(7-9)13(15)12(14)4-5-18(3,16)17/h6-8,12H,4-5,14H2,1-3H3. The first-order valence-electron chi connectivity index (χ1n) is 5.75. The van der Waals surface area contributed by atoms with E-state index in [0.717, 1.165) is 17.4 Å². The average Bonchev–Trinajstić information content (AvgIpc) is 2.22. The van der Waals surface area contributed by atoms with Crippen LogP contribution in [0, 0.1) is 13.8 Å². The number of rotatable bonds is 5. The first-order chi connectivity index (χ1) is 8.19. The van der Waals surface area contributed by atoms with Gasteiger partial charge in [0.2, 0.25) is 0 Å². The lowest BCUT2D eigenvalue weighted by molar-refractivity contribution is 0.0959. The number of nitrogens with two attached hydrogens (primary N) is 1. The topological polar surface area (TPSA) is 77.2 Å². The number of carbonyl (C=O) groups is 1. The second kappa shape index (κ2) is 5.63. The number of sulfone groups is 1. The van der Waals surface area contributed by atoms with Crippen molar-refractivity contribution in [3.63, 3.8) is 0 Å². The van der Waals surface area contributed by atoms with Crippen molar-refractivity contribution >= 4 is 15.6 Å². The third-order valence-corrected chi connectivity index (χ3v) is 3.62. The summed E-state index contributed by atoms with van der Waals surface area (Å²) < 4.78 is 22.1. The number of hydrogen-bond acceptors (Lipinski definition) is 4. The normalized spacial score (nSPS) is 13.3. The maximum Gasteiger partial charge on any atom is 0.179 e. The van der Waals surface area contributed by atoms with Crippen molar-refractivity contribution in [1.82, 2.24) is 0 Å². The molecule has 0 saturated carbocycles. The minimum atomic E-state index is -3.08. The zero-order valence-corrected chi connectivity index (χ0v) is 11.8. The van der Waals surface area contributed by atoms with Gasteiger partial charge in [-0.3, -0.25) is 4.79 Å². The Kier molecular flexibility index (Phi) is 4.65. The number of Topliss-reactive ketones (excluding diaryl/α,β-unsaturated/α-hetero) is 1. The molecule has 0 amide bonds. The minimum Gasteiger partial charge on any atom is -0.321 e. The molecule has 0 aliphatic rings. The van der Waals surface area contributed by atoms with Crippen molar-refractivity contribution in [1.29, 1.82) is 0 Å². The van der Waals surface area contributed by atoms with Crippen molar-refractivity contribution < 1.29 is 13.2 Å². The Morgan fingerprint density at radius 1 is 1.22 bits per heavy atom. The molecule has 0 fully saturated rings. The summed E-state index contributed by atoms with van der Waals surface area (Å²) in [6, 6.07) is 4.75. The molecule has 0 aromatic heterocycles. The van der Waals surface area contributed by atoms with Crippen LogP contribution in [0.1, 0.15) is 27.9 Å². The number of carbonyl (C=O) groups excluding carboxylic acids is 1. The fourth-order valence-corrected chi connectivity index (χ4v) is 2.49. The Bertz CT molecular complexity index is 529. The van der Waals surface area contributed by atoms with Gasteiger partial charge in [-0.05, 0) is 32.4 Å². The SMILES string of the molecule is Cc1cc(C)cc(C(=O)C(N)CCS(C)(=O)=O)c1. The van der Waals surface area contributed by atoms with E-state index in [9.17, 15) is 13.2 Å². The molecule has 1 aromatic rings. The van der Waals surface area contributed by atoms with Gasteiger partial charge in [-0.2, -0.15) is 0 Å². The molecule has 4 nitrogen and oxygen atoms in total. The van der Waals surface area contributed by atoms with E-state index in [1.165, 1.54) is 0 Å². The average molecular weight is 269 g/mol. The smallest absolute Gasteiger partial charge is 0.179 e. The molecule has 0 heterocycles. The lowest BCUT2D eigenvalue weighted by atomic mass is 9.99. The van der Waals surface area contributed by atoms with Gasteiger partial charge in [0.05, 0.1) is 11.8 Å². The second-order valence-electron chi connectivity index (χ2n) is 4.77. The van der Waals surface area contributed by atoms with Crippen LogP contribution in [0.2, 0.25) is 0 Å². The van der Waals surface area contributed by atoms with E-state index >= 15 is 0 Å². The molecule has 0 aliphatic heterocycles. The van der Waals surface area contributed by atoms with Crippen LogP contribution in [0.3, 0.4) is 0 Å². The molecule has 0 aliphatic carbocycles. The summed E-state index contributed by atoms with van der Waals surface area (Å²) in [5, 5.41) is 0. The molecule has 18 heavy (non-hydrogen) atoms. The van der Waals surface area contributed by atoms with Crippen molar-refractivity contribution in [3.8, 4) is 0 Å². The van der Waals surface area contributed by atoms with E-state index in [2.05, 4.69) is 0 Å². The van der Waals surface area contributed by atoms with Gasteiger partial charge >= 0.3 is 0 Å². The summed E-state index contributed by atoms with van der Waals surface area (Å²) in [4.78, 5) is 12.0. The van der Waals surface area contributed by atoms with Gasteiger partial charge in [-0.15, -0.1) is 0 Å². The molecule has 0 radical (unpaired) electrons. The fraction of sp³-hybridized carbons (Fsp3) is 0.462. The number of hydrogen-bond donors (Lipinski definition) is 1. The van der Waals surface area contributed by atoms with Gasteiger partial charge in [-0.25, -0.2) is 8.42 Å². The van der Waals surface area contributed by atoms with E-state index in [1.54, 1.807) is 12.1 Å². The van der Waals surface area contributed by atoms with Crippen molar-refractivity contribution in [2.24, 2.45) is 5.73 Å². The van der Waals surface area contributed by atoms with Gasteiger partial charge < -0.3 is 5.73 Å². The molecule has 0 saturated heterocycles. The first kappa shape index (κ1) is 14.9. The Morgan fingerprint density at radius 2 is 1.72 bits per heavy atom. The largest absolute Gasteiger partial charge is 0.321 e. The van der Waals surface area contributed by atoms with Gasteiger partial charge in [0.25, 0.3) is 0 Å². The molecule has 1 atom stereocenters. The van der Waals surface area contributed by atoms with Crippen molar-refractivity contribution in [2.75, 3.05) is 12.0 Å². The molecule has 1 aromatic carbocycles. The van der Waals surface area contributed by atoms with Gasteiger partial charge in [0.15, 0.2) is 5.78 Å². The van der Waals surface area contributed by atoms with E-state index in [0.29, 0.717) is 5.56 Å². The van der Waals surface area contributed by atoms with Crippen LogP contribution in [0.25, 0.3) is 0 Å². The lowest BCUT2D eigenvalue weighted by Gasteiger charge is -2.11. The quantitative estimate of drug-likeness (QED) is 0.816. The number of ketones is 1. The molecule has 100 valence electrons. The predicted molar refractivity (Wildman–Crippen MR) is 72.5 cm³/mol. The maximum atomic E-state index is 12.0. The third kappa shape index (κ3) is 4.58. The van der Waals surface area contributed by atoms with Crippen molar-refractivity contribution in [2.45, 2.75) is 26.3 Å². The van der Waals surface area contributed by atoms with Gasteiger partial charge in [0.1, 0.15) is 9.84 Å². The fourth-order valence-electron chi connectivity index (χ4n) is 1.80. The van der Waals surface area contributed by atoms with Gasteiger partial charge in [-0.1, -0.05) is 17.2 Å². The zero-order valence-electron chi connectivity index (χ0n) is 10.9. The van der Waals surface area contributed by atoms with E-state index in [-0.39, 0.29) is 18.0 Å². The zero-order chi connectivity index (χ0) is 13.9. The minimum absolute atomic E-state index is 0.0648. The van der Waals surface area contributed by atoms with Crippen LogP contribution in [-0.2, 0) is 9.84 Å². The Balaban J connectivity index is 2.80. The Labute approximate surface area is 108 Å². The van der Waals surface area contributed by atoms with E-state index in [4.69, 9.17) is 5.73 Å².